The Kier molecular flexibility index (Phi) is 6.01. The normalized spacial score (nSPS) is 22.5. The molecule has 2 aromatic rings. The molecule has 0 aliphatic carbocycles. The second kappa shape index (κ2) is 8.07. The summed E-state index contributed by atoms with van der Waals surface area (Å²) in [6.07, 6.45) is -3.61. The van der Waals surface area contributed by atoms with Gasteiger partial charge in [0.2, 0.25) is 5.88 Å². The molecule has 1 aliphatic heterocycles. The summed E-state index contributed by atoms with van der Waals surface area (Å²) in [6.45, 7) is 1.65. The number of sulfone groups is 1. The summed E-state index contributed by atoms with van der Waals surface area (Å²) in [5.74, 6) is 0.748. The highest BCUT2D eigenvalue weighted by atomic mass is 32.2. The van der Waals surface area contributed by atoms with Gasteiger partial charge in [0, 0.05) is 24.4 Å². The number of methoxy groups -OCH3 is 2. The molecule has 1 aromatic carbocycles. The maximum atomic E-state index is 13.3. The van der Waals surface area contributed by atoms with Crippen molar-refractivity contribution in [3.8, 4) is 11.6 Å². The summed E-state index contributed by atoms with van der Waals surface area (Å²) < 4.78 is 80.8. The third kappa shape index (κ3) is 4.11. The maximum Gasteiger partial charge on any atom is 0.416 e. The van der Waals surface area contributed by atoms with Crippen LogP contribution in [0, 0.1) is 0 Å². The van der Waals surface area contributed by atoms with Gasteiger partial charge in [-0.25, -0.2) is 13.4 Å². The molecule has 0 amide bonds. The number of alkyl halides is 3. The van der Waals surface area contributed by atoms with E-state index in [0.717, 1.165) is 12.1 Å². The molecule has 0 N–H and O–H groups in total. The van der Waals surface area contributed by atoms with Gasteiger partial charge in [0.1, 0.15) is 5.75 Å². The third-order valence-corrected chi connectivity index (χ3v) is 7.88. The molecule has 1 saturated heterocycles. The fourth-order valence-corrected chi connectivity index (χ4v) is 5.33. The van der Waals surface area contributed by atoms with Crippen molar-refractivity contribution in [3.63, 3.8) is 0 Å². The Morgan fingerprint density at radius 2 is 1.93 bits per heavy atom. The van der Waals surface area contributed by atoms with Gasteiger partial charge in [-0.15, -0.1) is 0 Å². The first-order valence-electron chi connectivity index (χ1n) is 9.13. The molecule has 164 valence electrons. The molecule has 2 unspecified atom stereocenters. The zero-order valence-corrected chi connectivity index (χ0v) is 17.5. The number of benzene rings is 1. The smallest absolute Gasteiger partial charge is 0.416 e. The number of rotatable bonds is 5. The van der Waals surface area contributed by atoms with Crippen LogP contribution in [0.5, 0.6) is 11.6 Å². The quantitative estimate of drug-likeness (QED) is 0.687. The van der Waals surface area contributed by atoms with Gasteiger partial charge in [0.05, 0.1) is 35.5 Å². The number of aromatic nitrogens is 1. The van der Waals surface area contributed by atoms with Crippen LogP contribution in [0.2, 0.25) is 0 Å². The second-order valence-corrected chi connectivity index (χ2v) is 9.72. The van der Waals surface area contributed by atoms with Crippen molar-refractivity contribution >= 4 is 9.84 Å². The van der Waals surface area contributed by atoms with Gasteiger partial charge in [0.25, 0.3) is 0 Å². The molecule has 1 aromatic heterocycles. The number of hydrogen-bond donors (Lipinski definition) is 0. The molecule has 0 saturated carbocycles. The van der Waals surface area contributed by atoms with Crippen LogP contribution < -0.4 is 9.47 Å². The fourth-order valence-electron chi connectivity index (χ4n) is 3.50. The molecule has 0 bridgehead atoms. The van der Waals surface area contributed by atoms with Crippen molar-refractivity contribution in [1.82, 2.24) is 4.98 Å². The lowest BCUT2D eigenvalue weighted by Gasteiger charge is -2.38. The van der Waals surface area contributed by atoms with Gasteiger partial charge < -0.3 is 14.2 Å². The zero-order valence-electron chi connectivity index (χ0n) is 16.7. The summed E-state index contributed by atoms with van der Waals surface area (Å²) in [4.78, 5) is 3.77. The van der Waals surface area contributed by atoms with Crippen LogP contribution in [-0.4, -0.2) is 39.0 Å². The molecule has 2 atom stereocenters. The minimum absolute atomic E-state index is 0.0376. The lowest BCUT2D eigenvalue weighted by atomic mass is 9.93. The van der Waals surface area contributed by atoms with Gasteiger partial charge >= 0.3 is 6.18 Å². The SMILES string of the molecule is COc1cc(OC)c(C2CC(C)(S(=O)(=O)c3cccc(C(F)(F)F)c3)CCO2)cn1. The second-order valence-electron chi connectivity index (χ2n) is 7.26. The van der Waals surface area contributed by atoms with Gasteiger partial charge in [-0.3, -0.25) is 0 Å². The molecular weight excluding hydrogens is 423 g/mol. The Morgan fingerprint density at radius 3 is 2.57 bits per heavy atom. The molecule has 10 heteroatoms. The van der Waals surface area contributed by atoms with E-state index in [4.69, 9.17) is 14.2 Å². The predicted molar refractivity (Wildman–Crippen MR) is 102 cm³/mol. The van der Waals surface area contributed by atoms with Crippen molar-refractivity contribution in [1.29, 1.82) is 0 Å². The first-order valence-corrected chi connectivity index (χ1v) is 10.6. The third-order valence-electron chi connectivity index (χ3n) is 5.33. The first kappa shape index (κ1) is 22.4. The van der Waals surface area contributed by atoms with Crippen LogP contribution in [0.15, 0.2) is 41.4 Å². The Hall–Kier alpha value is -2.33. The van der Waals surface area contributed by atoms with Crippen LogP contribution in [-0.2, 0) is 20.8 Å². The van der Waals surface area contributed by atoms with E-state index >= 15 is 0 Å². The number of ether oxygens (including phenoxy) is 3. The molecule has 6 nitrogen and oxygen atoms in total. The van der Waals surface area contributed by atoms with E-state index in [-0.39, 0.29) is 24.3 Å². The minimum atomic E-state index is -4.63. The van der Waals surface area contributed by atoms with Crippen molar-refractivity contribution in [3.05, 3.63) is 47.7 Å². The molecule has 0 radical (unpaired) electrons. The summed E-state index contributed by atoms with van der Waals surface area (Å²) in [6, 6.07) is 5.39. The van der Waals surface area contributed by atoms with Crippen molar-refractivity contribution < 1.29 is 35.8 Å². The highest BCUT2D eigenvalue weighted by Crippen LogP contribution is 2.44. The van der Waals surface area contributed by atoms with E-state index < -0.39 is 32.4 Å². The average molecular weight is 445 g/mol. The predicted octanol–water partition coefficient (Wildman–Crippen LogP) is 4.20. The summed E-state index contributed by atoms with van der Waals surface area (Å²) >= 11 is 0. The molecule has 3 rings (SSSR count). The first-order chi connectivity index (χ1) is 14.0. The van der Waals surface area contributed by atoms with Gasteiger partial charge in [-0.1, -0.05) is 6.07 Å². The molecule has 30 heavy (non-hydrogen) atoms. The van der Waals surface area contributed by atoms with Crippen LogP contribution in [0.25, 0.3) is 0 Å². The lowest BCUT2D eigenvalue weighted by Crippen LogP contribution is -2.42. The molecule has 1 fully saturated rings. The number of hydrogen-bond acceptors (Lipinski definition) is 6. The van der Waals surface area contributed by atoms with E-state index in [0.29, 0.717) is 23.3 Å². The molecular formula is C20H22F3NO5S. The lowest BCUT2D eigenvalue weighted by molar-refractivity contribution is -0.137. The van der Waals surface area contributed by atoms with Gasteiger partial charge in [-0.05, 0) is 38.0 Å². The Morgan fingerprint density at radius 1 is 1.20 bits per heavy atom. The van der Waals surface area contributed by atoms with Gasteiger partial charge in [0.15, 0.2) is 9.84 Å². The van der Waals surface area contributed by atoms with E-state index in [1.165, 1.54) is 33.4 Å². The Balaban J connectivity index is 1.97. The van der Waals surface area contributed by atoms with Crippen molar-refractivity contribution in [2.75, 3.05) is 20.8 Å². The van der Waals surface area contributed by atoms with E-state index in [1.54, 1.807) is 6.07 Å². The van der Waals surface area contributed by atoms with Crippen LogP contribution >= 0.6 is 0 Å². The number of halogens is 3. The highest BCUT2D eigenvalue weighted by molar-refractivity contribution is 7.92. The fraction of sp³-hybridized carbons (Fsp3) is 0.450. The van der Waals surface area contributed by atoms with E-state index in [1.807, 2.05) is 0 Å². The highest BCUT2D eigenvalue weighted by Gasteiger charge is 2.46. The summed E-state index contributed by atoms with van der Waals surface area (Å²) in [5.41, 5.74) is -0.458. The van der Waals surface area contributed by atoms with E-state index in [2.05, 4.69) is 4.98 Å². The van der Waals surface area contributed by atoms with Crippen LogP contribution in [0.1, 0.15) is 37.0 Å². The molecule has 2 heterocycles. The zero-order chi connectivity index (χ0) is 22.2. The van der Waals surface area contributed by atoms with Crippen molar-refractivity contribution in [2.45, 2.75) is 41.7 Å². The van der Waals surface area contributed by atoms with Crippen LogP contribution in [0.4, 0.5) is 13.2 Å². The minimum Gasteiger partial charge on any atom is -0.496 e. The largest absolute Gasteiger partial charge is 0.496 e. The van der Waals surface area contributed by atoms with E-state index in [9.17, 15) is 21.6 Å². The maximum absolute atomic E-state index is 13.3. The van der Waals surface area contributed by atoms with Gasteiger partial charge in [-0.2, -0.15) is 13.2 Å². The topological polar surface area (TPSA) is 74.7 Å². The molecule has 1 aliphatic rings. The number of pyridine rings is 1. The number of nitrogens with zero attached hydrogens (tertiary/aromatic N) is 1. The van der Waals surface area contributed by atoms with Crippen molar-refractivity contribution in [2.24, 2.45) is 0 Å². The van der Waals surface area contributed by atoms with Crippen LogP contribution in [0.3, 0.4) is 0 Å². The Bertz CT molecular complexity index is 1030. The summed E-state index contributed by atoms with van der Waals surface area (Å²) in [7, 11) is -1.17. The Labute approximate surface area is 172 Å². The average Bonchev–Trinajstić information content (AvgIpc) is 2.72. The molecule has 0 spiro atoms. The standard InChI is InChI=1S/C20H22F3NO5S/c1-19(30(25,26)14-6-4-5-13(9-14)20(21,22)23)7-8-29-17(11-19)15-12-24-18(28-3)10-16(15)27-2/h4-6,9-10,12,17H,7-8,11H2,1-3H3. The summed E-state index contributed by atoms with van der Waals surface area (Å²) in [5, 5.41) is 0. The monoisotopic (exact) mass is 445 g/mol.